The topological polar surface area (TPSA) is 42.7 Å². The van der Waals surface area contributed by atoms with Gasteiger partial charge in [0.1, 0.15) is 11.5 Å². The fourth-order valence-corrected chi connectivity index (χ4v) is 2.25. The number of carbonyl (C=O) groups is 1. The first kappa shape index (κ1) is 17.0. The molecule has 2 aromatic rings. The van der Waals surface area contributed by atoms with E-state index < -0.39 is 0 Å². The van der Waals surface area contributed by atoms with Gasteiger partial charge in [-0.25, -0.2) is 4.79 Å². The summed E-state index contributed by atoms with van der Waals surface area (Å²) < 4.78 is 10.6. The highest BCUT2D eigenvalue weighted by Gasteiger charge is 2.08. The summed E-state index contributed by atoms with van der Waals surface area (Å²) in [7, 11) is 0. The molecule has 122 valence electrons. The Kier molecular flexibility index (Phi) is 6.63. The van der Waals surface area contributed by atoms with E-state index in [0.29, 0.717) is 12.4 Å². The maximum Gasteiger partial charge on any atom is 0.330 e. The van der Waals surface area contributed by atoms with Gasteiger partial charge >= 0.3 is 5.97 Å². The van der Waals surface area contributed by atoms with Gasteiger partial charge in [-0.05, 0) is 37.2 Å². The van der Waals surface area contributed by atoms with Gasteiger partial charge in [-0.3, -0.25) is 4.90 Å². The number of nitrogens with zero attached hydrogens (tertiary/aromatic N) is 1. The average molecular weight is 313 g/mol. The minimum atomic E-state index is -0.357. The lowest BCUT2D eigenvalue weighted by Gasteiger charge is -2.19. The third-order valence-corrected chi connectivity index (χ3v) is 3.43. The highest BCUT2D eigenvalue weighted by atomic mass is 16.5. The van der Waals surface area contributed by atoms with Crippen molar-refractivity contribution < 1.29 is 13.9 Å². The van der Waals surface area contributed by atoms with Crippen LogP contribution < -0.4 is 0 Å². The minimum absolute atomic E-state index is 0.357. The average Bonchev–Trinajstić information content (AvgIpc) is 3.01. The summed E-state index contributed by atoms with van der Waals surface area (Å²) in [5.74, 6) is 1.18. The third-order valence-electron chi connectivity index (χ3n) is 3.43. The van der Waals surface area contributed by atoms with E-state index in [2.05, 4.69) is 24.0 Å². The number of furan rings is 1. The lowest BCUT2D eigenvalue weighted by Crippen LogP contribution is -2.21. The van der Waals surface area contributed by atoms with Crippen molar-refractivity contribution >= 4 is 12.0 Å². The molecule has 4 heteroatoms. The van der Waals surface area contributed by atoms with Crippen LogP contribution >= 0.6 is 0 Å². The Bertz CT molecular complexity index is 631. The third kappa shape index (κ3) is 5.75. The largest absolute Gasteiger partial charge is 0.463 e. The molecule has 0 aliphatic carbocycles. The molecule has 0 N–H and O–H groups in total. The maximum atomic E-state index is 11.3. The summed E-state index contributed by atoms with van der Waals surface area (Å²) in [6.07, 6.45) is 3.02. The molecule has 0 bridgehead atoms. The second-order valence-corrected chi connectivity index (χ2v) is 5.18. The number of benzene rings is 1. The predicted molar refractivity (Wildman–Crippen MR) is 90.6 cm³/mol. The van der Waals surface area contributed by atoms with Gasteiger partial charge in [-0.1, -0.05) is 37.3 Å². The van der Waals surface area contributed by atoms with Crippen molar-refractivity contribution in [3.63, 3.8) is 0 Å². The zero-order valence-corrected chi connectivity index (χ0v) is 13.7. The summed E-state index contributed by atoms with van der Waals surface area (Å²) in [5.41, 5.74) is 1.28. The molecule has 0 saturated carbocycles. The van der Waals surface area contributed by atoms with Gasteiger partial charge in [0.25, 0.3) is 0 Å². The fourth-order valence-electron chi connectivity index (χ4n) is 2.25. The zero-order valence-electron chi connectivity index (χ0n) is 13.7. The molecule has 0 spiro atoms. The van der Waals surface area contributed by atoms with Gasteiger partial charge in [0.05, 0.1) is 13.2 Å². The van der Waals surface area contributed by atoms with E-state index in [1.54, 1.807) is 13.0 Å². The van der Waals surface area contributed by atoms with E-state index in [9.17, 15) is 4.79 Å². The zero-order chi connectivity index (χ0) is 16.5. The summed E-state index contributed by atoms with van der Waals surface area (Å²) in [4.78, 5) is 13.6. The number of hydrogen-bond donors (Lipinski definition) is 0. The molecule has 0 radical (unpaired) electrons. The molecule has 0 unspecified atom stereocenters. The predicted octanol–water partition coefficient (Wildman–Crippen LogP) is 3.88. The lowest BCUT2D eigenvalue weighted by atomic mass is 10.2. The van der Waals surface area contributed by atoms with Gasteiger partial charge < -0.3 is 9.15 Å². The van der Waals surface area contributed by atoms with Crippen LogP contribution in [0.2, 0.25) is 0 Å². The second-order valence-electron chi connectivity index (χ2n) is 5.18. The molecule has 0 atom stereocenters. The summed E-state index contributed by atoms with van der Waals surface area (Å²) in [6, 6.07) is 14.2. The summed E-state index contributed by atoms with van der Waals surface area (Å²) >= 11 is 0. The maximum absolute atomic E-state index is 11.3. The number of hydrogen-bond acceptors (Lipinski definition) is 4. The van der Waals surface area contributed by atoms with Crippen LogP contribution in [-0.2, 0) is 22.6 Å². The van der Waals surface area contributed by atoms with Crippen LogP contribution in [-0.4, -0.2) is 24.0 Å². The van der Waals surface area contributed by atoms with Gasteiger partial charge in [0.15, 0.2) is 0 Å². The normalized spacial score (nSPS) is 11.3. The molecule has 0 fully saturated rings. The number of rotatable bonds is 8. The van der Waals surface area contributed by atoms with E-state index in [1.807, 2.05) is 30.3 Å². The summed E-state index contributed by atoms with van der Waals surface area (Å²) in [6.45, 7) is 6.84. The van der Waals surface area contributed by atoms with E-state index >= 15 is 0 Å². The second kappa shape index (κ2) is 8.96. The molecule has 1 aromatic heterocycles. The van der Waals surface area contributed by atoms with Crippen molar-refractivity contribution in [1.29, 1.82) is 0 Å². The van der Waals surface area contributed by atoms with Crippen molar-refractivity contribution in [2.24, 2.45) is 0 Å². The number of carbonyl (C=O) groups excluding carboxylic acids is 1. The van der Waals surface area contributed by atoms with E-state index in [0.717, 1.165) is 25.4 Å². The molecule has 0 aliphatic rings. The van der Waals surface area contributed by atoms with Crippen LogP contribution in [0.3, 0.4) is 0 Å². The van der Waals surface area contributed by atoms with E-state index in [-0.39, 0.29) is 5.97 Å². The Labute approximate surface area is 137 Å². The van der Waals surface area contributed by atoms with Crippen molar-refractivity contribution in [1.82, 2.24) is 4.90 Å². The smallest absolute Gasteiger partial charge is 0.330 e. The monoisotopic (exact) mass is 313 g/mol. The molecular weight excluding hydrogens is 290 g/mol. The quantitative estimate of drug-likeness (QED) is 0.548. The molecular formula is C19H23NO3. The van der Waals surface area contributed by atoms with Crippen LogP contribution in [0.15, 0.2) is 53.0 Å². The Morgan fingerprint density at radius 2 is 1.91 bits per heavy atom. The Hall–Kier alpha value is -2.33. The first-order chi connectivity index (χ1) is 11.2. The van der Waals surface area contributed by atoms with E-state index in [1.165, 1.54) is 11.6 Å². The fraction of sp³-hybridized carbons (Fsp3) is 0.316. The van der Waals surface area contributed by atoms with Crippen molar-refractivity contribution in [2.75, 3.05) is 13.2 Å². The van der Waals surface area contributed by atoms with Crippen LogP contribution in [0.4, 0.5) is 0 Å². The highest BCUT2D eigenvalue weighted by molar-refractivity contribution is 5.86. The Morgan fingerprint density at radius 1 is 1.13 bits per heavy atom. The molecule has 4 nitrogen and oxygen atoms in total. The molecule has 2 rings (SSSR count). The molecule has 23 heavy (non-hydrogen) atoms. The molecule has 0 amide bonds. The summed E-state index contributed by atoms with van der Waals surface area (Å²) in [5, 5.41) is 0. The van der Waals surface area contributed by atoms with Gasteiger partial charge in [0.2, 0.25) is 0 Å². The van der Waals surface area contributed by atoms with E-state index in [4.69, 9.17) is 9.15 Å². The lowest BCUT2D eigenvalue weighted by molar-refractivity contribution is -0.137. The number of esters is 1. The van der Waals surface area contributed by atoms with Crippen LogP contribution in [0.1, 0.15) is 30.9 Å². The minimum Gasteiger partial charge on any atom is -0.463 e. The first-order valence-corrected chi connectivity index (χ1v) is 7.91. The van der Waals surface area contributed by atoms with Crippen LogP contribution in [0.25, 0.3) is 6.08 Å². The SMILES string of the molecule is CCOC(=O)/C=C/c1ccc(CN(CC)Cc2ccccc2)o1. The molecule has 0 aliphatic heterocycles. The first-order valence-electron chi connectivity index (χ1n) is 7.91. The molecule has 0 saturated heterocycles. The van der Waals surface area contributed by atoms with Gasteiger partial charge in [-0.15, -0.1) is 0 Å². The van der Waals surface area contributed by atoms with Crippen molar-refractivity contribution in [2.45, 2.75) is 26.9 Å². The Morgan fingerprint density at radius 3 is 2.61 bits per heavy atom. The van der Waals surface area contributed by atoms with Gasteiger partial charge in [-0.2, -0.15) is 0 Å². The van der Waals surface area contributed by atoms with Crippen LogP contribution in [0.5, 0.6) is 0 Å². The molecule has 1 heterocycles. The van der Waals surface area contributed by atoms with Crippen molar-refractivity contribution in [3.8, 4) is 0 Å². The van der Waals surface area contributed by atoms with Crippen LogP contribution in [0, 0.1) is 0 Å². The number of ether oxygens (including phenoxy) is 1. The highest BCUT2D eigenvalue weighted by Crippen LogP contribution is 2.14. The van der Waals surface area contributed by atoms with Gasteiger partial charge in [0, 0.05) is 12.6 Å². The Balaban J connectivity index is 1.93. The van der Waals surface area contributed by atoms with Crippen molar-refractivity contribution in [3.05, 3.63) is 65.6 Å². The standard InChI is InChI=1S/C19H23NO3/c1-3-20(14-16-8-6-5-7-9-16)15-18-11-10-17(23-18)12-13-19(21)22-4-2/h5-13H,3-4,14-15H2,1-2H3/b13-12+. The molecule has 1 aromatic carbocycles.